The Morgan fingerprint density at radius 1 is 0.857 bits per heavy atom. The Morgan fingerprint density at radius 2 is 1.40 bits per heavy atom. The number of nitrogens with one attached hydrogen (secondary N) is 2. The molecule has 35 heavy (non-hydrogen) atoms. The molecule has 1 aliphatic heterocycles. The van der Waals surface area contributed by atoms with Gasteiger partial charge in [-0.3, -0.25) is 9.69 Å². The van der Waals surface area contributed by atoms with Gasteiger partial charge in [-0.15, -0.1) is 0 Å². The van der Waals surface area contributed by atoms with Crippen LogP contribution in [0.4, 0.5) is 36.8 Å². The number of alkyl halides is 6. The summed E-state index contributed by atoms with van der Waals surface area (Å²) >= 11 is 0. The van der Waals surface area contributed by atoms with E-state index >= 15 is 0 Å². The molecule has 0 atom stereocenters. The number of aryl methyl sites for hydroxylation is 1. The monoisotopic (exact) mass is 502 g/mol. The molecule has 0 unspecified atom stereocenters. The average Bonchev–Trinajstić information content (AvgIpc) is 2.79. The van der Waals surface area contributed by atoms with Gasteiger partial charge in [-0.1, -0.05) is 17.7 Å². The largest absolute Gasteiger partial charge is 0.416 e. The van der Waals surface area contributed by atoms with Crippen molar-refractivity contribution in [3.63, 3.8) is 0 Å². The summed E-state index contributed by atoms with van der Waals surface area (Å²) in [5.41, 5.74) is -2.06. The predicted octanol–water partition coefficient (Wildman–Crippen LogP) is 4.61. The van der Waals surface area contributed by atoms with E-state index in [1.807, 2.05) is 24.0 Å². The minimum atomic E-state index is -5.03. The second kappa shape index (κ2) is 10.5. The Balaban J connectivity index is 1.49. The van der Waals surface area contributed by atoms with Crippen molar-refractivity contribution in [2.75, 3.05) is 44.6 Å². The van der Waals surface area contributed by atoms with Gasteiger partial charge in [0.1, 0.15) is 0 Å². The molecule has 0 radical (unpaired) electrons. The van der Waals surface area contributed by atoms with Gasteiger partial charge in [-0.25, -0.2) is 4.79 Å². The van der Waals surface area contributed by atoms with E-state index in [2.05, 4.69) is 10.6 Å². The Morgan fingerprint density at radius 3 is 1.91 bits per heavy atom. The van der Waals surface area contributed by atoms with Crippen LogP contribution >= 0.6 is 0 Å². The molecule has 2 N–H and O–H groups in total. The molecule has 1 aliphatic rings. The van der Waals surface area contributed by atoms with Crippen molar-refractivity contribution < 1.29 is 35.9 Å². The summed E-state index contributed by atoms with van der Waals surface area (Å²) in [6.45, 7) is 4.13. The number of piperazine rings is 1. The van der Waals surface area contributed by atoms with E-state index in [-0.39, 0.29) is 18.6 Å². The van der Waals surface area contributed by atoms with E-state index < -0.39 is 35.0 Å². The lowest BCUT2D eigenvalue weighted by molar-refractivity contribution is -0.143. The van der Waals surface area contributed by atoms with Gasteiger partial charge in [0.2, 0.25) is 0 Å². The summed E-state index contributed by atoms with van der Waals surface area (Å²) in [4.78, 5) is 28.2. The lowest BCUT2D eigenvalue weighted by Gasteiger charge is -2.34. The van der Waals surface area contributed by atoms with Crippen molar-refractivity contribution in [2.45, 2.75) is 19.3 Å². The number of rotatable bonds is 5. The Labute approximate surface area is 197 Å². The van der Waals surface area contributed by atoms with E-state index in [0.29, 0.717) is 50.5 Å². The lowest BCUT2D eigenvalue weighted by atomic mass is 10.0. The van der Waals surface area contributed by atoms with Crippen molar-refractivity contribution in [1.82, 2.24) is 15.1 Å². The molecule has 0 aromatic heterocycles. The van der Waals surface area contributed by atoms with E-state index in [9.17, 15) is 35.9 Å². The van der Waals surface area contributed by atoms with Gasteiger partial charge >= 0.3 is 18.4 Å². The molecule has 1 saturated heterocycles. The van der Waals surface area contributed by atoms with E-state index in [4.69, 9.17) is 0 Å². The first kappa shape index (κ1) is 26.3. The molecule has 0 aliphatic carbocycles. The quantitative estimate of drug-likeness (QED) is 0.587. The number of hydrogen-bond acceptors (Lipinski definition) is 3. The van der Waals surface area contributed by atoms with Crippen LogP contribution in [0.1, 0.15) is 27.0 Å². The van der Waals surface area contributed by atoms with Gasteiger partial charge in [0.15, 0.2) is 0 Å². The number of amides is 3. The molecule has 0 spiro atoms. The molecule has 190 valence electrons. The summed E-state index contributed by atoms with van der Waals surface area (Å²) in [7, 11) is 0. The molecular weight excluding hydrogens is 478 g/mol. The molecule has 3 amide bonds. The maximum absolute atomic E-state index is 13.0. The number of benzene rings is 2. The number of carbonyl (C=O) groups is 2. The fourth-order valence-electron chi connectivity index (χ4n) is 3.53. The maximum Gasteiger partial charge on any atom is 0.416 e. The van der Waals surface area contributed by atoms with Crippen molar-refractivity contribution in [3.8, 4) is 0 Å². The number of anilines is 1. The van der Waals surface area contributed by atoms with Crippen LogP contribution in [0.25, 0.3) is 0 Å². The summed E-state index contributed by atoms with van der Waals surface area (Å²) in [6, 6.07) is 7.89. The van der Waals surface area contributed by atoms with Crippen LogP contribution in [0.2, 0.25) is 0 Å². The highest BCUT2D eigenvalue weighted by Crippen LogP contribution is 2.36. The second-order valence-corrected chi connectivity index (χ2v) is 8.18. The molecule has 2 aromatic carbocycles. The zero-order valence-electron chi connectivity index (χ0n) is 18.8. The fraction of sp³-hybridized carbons (Fsp3) is 0.391. The van der Waals surface area contributed by atoms with Crippen LogP contribution in [0.3, 0.4) is 0 Å². The van der Waals surface area contributed by atoms with Crippen molar-refractivity contribution in [2.24, 2.45) is 0 Å². The molecular formula is C23H24F6N4O2. The molecule has 2 aromatic rings. The Kier molecular flexibility index (Phi) is 7.93. The molecule has 12 heteroatoms. The Bertz CT molecular complexity index is 1010. The van der Waals surface area contributed by atoms with Crippen LogP contribution < -0.4 is 10.6 Å². The normalized spacial score (nSPS) is 15.1. The predicted molar refractivity (Wildman–Crippen MR) is 117 cm³/mol. The lowest BCUT2D eigenvalue weighted by Crippen LogP contribution is -2.51. The fourth-order valence-corrected chi connectivity index (χ4v) is 3.53. The highest BCUT2D eigenvalue weighted by atomic mass is 19.4. The number of carbonyl (C=O) groups excluding carboxylic acids is 2. The third-order valence-electron chi connectivity index (χ3n) is 5.53. The first-order chi connectivity index (χ1) is 16.3. The van der Waals surface area contributed by atoms with Crippen LogP contribution in [-0.4, -0.2) is 61.0 Å². The molecule has 0 saturated carbocycles. The average molecular weight is 502 g/mol. The highest BCUT2D eigenvalue weighted by molar-refractivity contribution is 5.94. The summed E-state index contributed by atoms with van der Waals surface area (Å²) in [5.74, 6) is -1.03. The van der Waals surface area contributed by atoms with Crippen LogP contribution in [0.15, 0.2) is 42.5 Å². The SMILES string of the molecule is Cc1ccc(NC(=O)N2CCN(CCNC(=O)c3cc(C(F)(F)F)cc(C(F)(F)F)c3)CC2)cc1. The summed E-state index contributed by atoms with van der Waals surface area (Å²) < 4.78 is 77.9. The van der Waals surface area contributed by atoms with Crippen LogP contribution in [0, 0.1) is 6.92 Å². The van der Waals surface area contributed by atoms with Crippen LogP contribution in [0.5, 0.6) is 0 Å². The molecule has 3 rings (SSSR count). The Hall–Kier alpha value is -3.28. The summed E-state index contributed by atoms with van der Waals surface area (Å²) in [5, 5.41) is 5.18. The van der Waals surface area contributed by atoms with E-state index in [1.165, 1.54) is 0 Å². The van der Waals surface area contributed by atoms with Crippen molar-refractivity contribution in [3.05, 3.63) is 64.7 Å². The number of hydrogen-bond donors (Lipinski definition) is 2. The van der Waals surface area contributed by atoms with E-state index in [0.717, 1.165) is 5.56 Å². The minimum Gasteiger partial charge on any atom is -0.351 e. The molecule has 6 nitrogen and oxygen atoms in total. The van der Waals surface area contributed by atoms with E-state index in [1.54, 1.807) is 17.0 Å². The van der Waals surface area contributed by atoms with Crippen LogP contribution in [-0.2, 0) is 12.4 Å². The number of halogens is 6. The second-order valence-electron chi connectivity index (χ2n) is 8.18. The zero-order chi connectivity index (χ0) is 25.8. The van der Waals surface area contributed by atoms with Gasteiger partial charge in [0.05, 0.1) is 11.1 Å². The minimum absolute atomic E-state index is 0.0198. The van der Waals surface area contributed by atoms with Gasteiger partial charge in [-0.2, -0.15) is 26.3 Å². The van der Waals surface area contributed by atoms with Gasteiger partial charge < -0.3 is 15.5 Å². The molecule has 1 fully saturated rings. The number of nitrogens with zero attached hydrogens (tertiary/aromatic N) is 2. The van der Waals surface area contributed by atoms with Gasteiger partial charge in [0.25, 0.3) is 5.91 Å². The highest BCUT2D eigenvalue weighted by Gasteiger charge is 2.37. The molecule has 1 heterocycles. The maximum atomic E-state index is 13.0. The number of urea groups is 1. The van der Waals surface area contributed by atoms with Gasteiger partial charge in [-0.05, 0) is 37.3 Å². The van der Waals surface area contributed by atoms with Gasteiger partial charge in [0, 0.05) is 50.5 Å². The van der Waals surface area contributed by atoms with Crippen molar-refractivity contribution >= 4 is 17.6 Å². The van der Waals surface area contributed by atoms with Crippen molar-refractivity contribution in [1.29, 1.82) is 0 Å². The standard InChI is InChI=1S/C23H24F6N4O2/c1-15-2-4-19(5-3-15)31-21(35)33-10-8-32(9-11-33)7-6-30-20(34)16-12-17(22(24,25)26)14-18(13-16)23(27,28)29/h2-5,12-14H,6-11H2,1H3,(H,30,34)(H,31,35). The topological polar surface area (TPSA) is 64.7 Å². The third kappa shape index (κ3) is 7.35. The first-order valence-electron chi connectivity index (χ1n) is 10.8. The first-order valence-corrected chi connectivity index (χ1v) is 10.8. The third-order valence-corrected chi connectivity index (χ3v) is 5.53. The zero-order valence-corrected chi connectivity index (χ0v) is 18.8. The smallest absolute Gasteiger partial charge is 0.351 e. The molecule has 0 bridgehead atoms. The summed E-state index contributed by atoms with van der Waals surface area (Å²) in [6.07, 6.45) is -10.1.